The maximum absolute atomic E-state index is 5.97. The third-order valence-corrected chi connectivity index (χ3v) is 4.32. The molecule has 0 bridgehead atoms. The van der Waals surface area contributed by atoms with Crippen LogP contribution in [0, 0.1) is 0 Å². The van der Waals surface area contributed by atoms with Crippen LogP contribution in [0.1, 0.15) is 25.2 Å². The van der Waals surface area contributed by atoms with Crippen LogP contribution in [0.4, 0.5) is 0 Å². The first-order valence-electron chi connectivity index (χ1n) is 6.22. The maximum atomic E-state index is 5.97. The molecule has 0 atom stereocenters. The lowest BCUT2D eigenvalue weighted by atomic mass is 10.2. The zero-order valence-corrected chi connectivity index (χ0v) is 12.3. The molecular formula is C13H13ClN4S. The summed E-state index contributed by atoms with van der Waals surface area (Å²) in [7, 11) is 0. The smallest absolute Gasteiger partial charge is 0.254 e. The molecule has 0 aliphatic rings. The predicted molar refractivity (Wildman–Crippen MR) is 77.9 cm³/mol. The van der Waals surface area contributed by atoms with Gasteiger partial charge in [0, 0.05) is 11.9 Å². The average Bonchev–Trinajstić information content (AvgIpc) is 3.02. The third kappa shape index (κ3) is 2.13. The number of rotatable bonds is 3. The van der Waals surface area contributed by atoms with Gasteiger partial charge in [-0.25, -0.2) is 4.98 Å². The molecule has 0 N–H and O–H groups in total. The molecule has 0 unspecified atom stereocenters. The van der Waals surface area contributed by atoms with Crippen LogP contribution in [0.15, 0.2) is 18.3 Å². The monoisotopic (exact) mass is 292 g/mol. The van der Waals surface area contributed by atoms with Crippen molar-refractivity contribution in [3.63, 3.8) is 0 Å². The van der Waals surface area contributed by atoms with Crippen molar-refractivity contribution in [3.8, 4) is 10.6 Å². The van der Waals surface area contributed by atoms with Crippen LogP contribution >= 0.6 is 22.9 Å². The van der Waals surface area contributed by atoms with Crippen LogP contribution in [0.3, 0.4) is 0 Å². The minimum absolute atomic E-state index is 0.647. The van der Waals surface area contributed by atoms with E-state index in [1.165, 1.54) is 17.0 Å². The second kappa shape index (κ2) is 4.90. The minimum atomic E-state index is 0.647. The number of aromatic nitrogens is 4. The van der Waals surface area contributed by atoms with Crippen LogP contribution < -0.4 is 0 Å². The lowest BCUT2D eigenvalue weighted by Crippen LogP contribution is -2.05. The van der Waals surface area contributed by atoms with Crippen molar-refractivity contribution in [2.75, 3.05) is 0 Å². The summed E-state index contributed by atoms with van der Waals surface area (Å²) in [5.74, 6) is 0.647. The molecule has 3 aromatic rings. The molecule has 6 heteroatoms. The van der Waals surface area contributed by atoms with Gasteiger partial charge in [0.25, 0.3) is 5.78 Å². The fourth-order valence-corrected chi connectivity index (χ4v) is 3.16. The summed E-state index contributed by atoms with van der Waals surface area (Å²) in [6, 6.07) is 3.87. The summed E-state index contributed by atoms with van der Waals surface area (Å²) < 4.78 is 2.80. The minimum Gasteiger partial charge on any atom is -0.284 e. The molecule has 0 amide bonds. The molecular weight excluding hydrogens is 280 g/mol. The topological polar surface area (TPSA) is 43.1 Å². The Morgan fingerprint density at radius 2 is 2.05 bits per heavy atom. The molecule has 4 nitrogen and oxygen atoms in total. The van der Waals surface area contributed by atoms with E-state index in [0.717, 1.165) is 33.4 Å². The van der Waals surface area contributed by atoms with E-state index in [0.29, 0.717) is 5.78 Å². The largest absolute Gasteiger partial charge is 0.284 e. The van der Waals surface area contributed by atoms with Gasteiger partial charge in [-0.05, 0) is 25.0 Å². The normalized spacial score (nSPS) is 11.3. The van der Waals surface area contributed by atoms with Gasteiger partial charge in [0.05, 0.1) is 14.9 Å². The van der Waals surface area contributed by atoms with Crippen LogP contribution in [0.5, 0.6) is 0 Å². The van der Waals surface area contributed by atoms with Crippen molar-refractivity contribution in [3.05, 3.63) is 34.1 Å². The first kappa shape index (κ1) is 12.6. The zero-order valence-electron chi connectivity index (χ0n) is 10.7. The summed E-state index contributed by atoms with van der Waals surface area (Å²) in [6.45, 7) is 4.21. The Bertz CT molecular complexity index is 731. The lowest BCUT2D eigenvalue weighted by Gasteiger charge is -2.05. The number of hydrogen-bond acceptors (Lipinski definition) is 4. The van der Waals surface area contributed by atoms with Gasteiger partial charge in [-0.15, -0.1) is 16.4 Å². The molecule has 3 heterocycles. The second-order valence-electron chi connectivity index (χ2n) is 4.20. The summed E-state index contributed by atoms with van der Waals surface area (Å²) in [6.07, 6.45) is 3.81. The van der Waals surface area contributed by atoms with E-state index >= 15 is 0 Å². The number of fused-ring (bicyclic) bond motifs is 1. The summed E-state index contributed by atoms with van der Waals surface area (Å²) in [4.78, 5) is 5.57. The molecule has 0 aromatic carbocycles. The van der Waals surface area contributed by atoms with Gasteiger partial charge in [-0.1, -0.05) is 25.4 Å². The number of thiophene rings is 1. The van der Waals surface area contributed by atoms with E-state index in [1.54, 1.807) is 0 Å². The molecule has 0 aliphatic carbocycles. The highest BCUT2D eigenvalue weighted by atomic mass is 35.5. The number of hydrogen-bond donors (Lipinski definition) is 0. The fraction of sp³-hybridized carbons (Fsp3) is 0.308. The van der Waals surface area contributed by atoms with Crippen molar-refractivity contribution < 1.29 is 0 Å². The van der Waals surface area contributed by atoms with Crippen LogP contribution in [-0.4, -0.2) is 19.6 Å². The summed E-state index contributed by atoms with van der Waals surface area (Å²) >= 11 is 7.49. The number of halogens is 1. The quantitative estimate of drug-likeness (QED) is 0.740. The van der Waals surface area contributed by atoms with Crippen LogP contribution in [-0.2, 0) is 12.8 Å². The molecule has 0 saturated heterocycles. The maximum Gasteiger partial charge on any atom is 0.254 e. The molecule has 0 fully saturated rings. The summed E-state index contributed by atoms with van der Waals surface area (Å²) in [5, 5.41) is 8.44. The van der Waals surface area contributed by atoms with Gasteiger partial charge in [0.2, 0.25) is 0 Å². The Morgan fingerprint density at radius 1 is 1.21 bits per heavy atom. The van der Waals surface area contributed by atoms with Gasteiger partial charge in [0.1, 0.15) is 5.69 Å². The second-order valence-corrected chi connectivity index (χ2v) is 5.92. The van der Waals surface area contributed by atoms with E-state index in [2.05, 4.69) is 29.0 Å². The van der Waals surface area contributed by atoms with Gasteiger partial charge in [-0.2, -0.15) is 5.10 Å². The van der Waals surface area contributed by atoms with Crippen molar-refractivity contribution in [2.45, 2.75) is 26.7 Å². The summed E-state index contributed by atoms with van der Waals surface area (Å²) in [5.41, 5.74) is 3.10. The Morgan fingerprint density at radius 3 is 2.68 bits per heavy atom. The molecule has 0 spiro atoms. The number of aryl methyl sites for hydroxylation is 2. The van der Waals surface area contributed by atoms with E-state index in [-0.39, 0.29) is 0 Å². The third-order valence-electron chi connectivity index (χ3n) is 3.07. The predicted octanol–water partition coefficient (Wildman–Crippen LogP) is 3.63. The van der Waals surface area contributed by atoms with E-state index < -0.39 is 0 Å². The Hall–Kier alpha value is -1.46. The van der Waals surface area contributed by atoms with E-state index in [9.17, 15) is 0 Å². The van der Waals surface area contributed by atoms with Crippen molar-refractivity contribution in [2.24, 2.45) is 0 Å². The van der Waals surface area contributed by atoms with Gasteiger partial charge < -0.3 is 0 Å². The Labute approximate surface area is 120 Å². The highest BCUT2D eigenvalue weighted by Crippen LogP contribution is 2.30. The Kier molecular flexibility index (Phi) is 3.24. The van der Waals surface area contributed by atoms with Crippen molar-refractivity contribution in [1.82, 2.24) is 19.6 Å². The highest BCUT2D eigenvalue weighted by Gasteiger charge is 2.12. The fourth-order valence-electron chi connectivity index (χ4n) is 2.16. The number of nitrogens with zero attached hydrogens (tertiary/aromatic N) is 4. The molecule has 98 valence electrons. The first-order chi connectivity index (χ1) is 9.22. The first-order valence-corrected chi connectivity index (χ1v) is 7.41. The standard InChI is InChI=1S/C13H13ClN4S/c1-3-8-10(4-2)18-7-9(15-13(18)17-16-8)11-5-6-12(14)19-11/h5-7H,3-4H2,1-2H3. The molecule has 3 aromatic heterocycles. The van der Waals surface area contributed by atoms with Gasteiger partial charge in [0.15, 0.2) is 0 Å². The van der Waals surface area contributed by atoms with Gasteiger partial charge >= 0.3 is 0 Å². The highest BCUT2D eigenvalue weighted by molar-refractivity contribution is 7.19. The van der Waals surface area contributed by atoms with Crippen molar-refractivity contribution in [1.29, 1.82) is 0 Å². The SMILES string of the molecule is CCc1nnc2nc(-c3ccc(Cl)s3)cn2c1CC. The zero-order chi connectivity index (χ0) is 13.4. The van der Waals surface area contributed by atoms with Crippen LogP contribution in [0.25, 0.3) is 16.3 Å². The molecule has 3 rings (SSSR count). The van der Waals surface area contributed by atoms with Crippen LogP contribution in [0.2, 0.25) is 4.34 Å². The van der Waals surface area contributed by atoms with Crippen molar-refractivity contribution >= 4 is 28.7 Å². The lowest BCUT2D eigenvalue weighted by molar-refractivity contribution is 0.812. The number of imidazole rings is 1. The molecule has 0 radical (unpaired) electrons. The average molecular weight is 293 g/mol. The van der Waals surface area contributed by atoms with E-state index in [1.807, 2.05) is 22.7 Å². The Balaban J connectivity index is 2.20. The molecule has 19 heavy (non-hydrogen) atoms. The molecule has 0 aliphatic heterocycles. The van der Waals surface area contributed by atoms with E-state index in [4.69, 9.17) is 11.6 Å². The van der Waals surface area contributed by atoms with Gasteiger partial charge in [-0.3, -0.25) is 4.40 Å². The molecule has 0 saturated carbocycles.